The molecule has 0 aromatic heterocycles. The minimum atomic E-state index is -3.75. The van der Waals surface area contributed by atoms with E-state index in [2.05, 4.69) is 19.9 Å². The van der Waals surface area contributed by atoms with E-state index in [0.717, 1.165) is 30.2 Å². The van der Waals surface area contributed by atoms with Crippen molar-refractivity contribution in [3.63, 3.8) is 0 Å². The fourth-order valence-corrected chi connectivity index (χ4v) is 9.05. The van der Waals surface area contributed by atoms with Crippen LogP contribution in [-0.4, -0.2) is 40.9 Å². The quantitative estimate of drug-likeness (QED) is 0.257. The largest absolute Gasteiger partial charge is 0.381 e. The fraction of sp³-hybridized carbons (Fsp3) is 0.724. The normalized spacial score (nSPS) is 38.9. The summed E-state index contributed by atoms with van der Waals surface area (Å²) in [6, 6.07) is 6.77. The van der Waals surface area contributed by atoms with Crippen molar-refractivity contribution < 1.29 is 22.1 Å². The highest BCUT2D eigenvalue weighted by Crippen LogP contribution is 2.65. The van der Waals surface area contributed by atoms with Crippen LogP contribution in [0.25, 0.3) is 0 Å². The molecular weight excluding hydrogens is 460 g/mol. The lowest BCUT2D eigenvalue weighted by molar-refractivity contribution is -0.0968. The van der Waals surface area contributed by atoms with Gasteiger partial charge in [0.2, 0.25) is 0 Å². The first-order valence-corrected chi connectivity index (χ1v) is 14.9. The van der Waals surface area contributed by atoms with Gasteiger partial charge in [0.05, 0.1) is 30.3 Å². The second-order valence-corrected chi connectivity index (χ2v) is 13.5. The molecule has 5 nitrogen and oxygen atoms in total. The van der Waals surface area contributed by atoms with Gasteiger partial charge in [-0.1, -0.05) is 43.2 Å². The van der Waals surface area contributed by atoms with E-state index >= 15 is 0 Å². The lowest BCUT2D eigenvalue weighted by atomic mass is 9.48. The van der Waals surface area contributed by atoms with Gasteiger partial charge in [-0.15, -0.1) is 0 Å². The minimum Gasteiger partial charge on any atom is -0.381 e. The van der Waals surface area contributed by atoms with Crippen molar-refractivity contribution in [2.75, 3.05) is 20.3 Å². The number of ether oxygens (including phenoxy) is 2. The Morgan fingerprint density at radius 1 is 0.971 bits per heavy atom. The lowest BCUT2D eigenvalue weighted by Gasteiger charge is -2.58. The van der Waals surface area contributed by atoms with Crippen LogP contribution in [0.1, 0.15) is 70.8 Å². The number of hydrogen-bond donors (Lipinski definition) is 0. The highest BCUT2D eigenvalue weighted by atomic mass is 32.2. The Bertz CT molecular complexity index is 1050. The molecule has 0 N–H and O–H groups in total. The Hall–Kier alpha value is -1.21. The molecule has 194 valence electrons. The molecule has 1 aromatic rings. The van der Waals surface area contributed by atoms with Crippen molar-refractivity contribution in [3.8, 4) is 0 Å². The Balaban J connectivity index is 1.20. The molecule has 6 heteroatoms. The van der Waals surface area contributed by atoms with E-state index in [1.165, 1.54) is 38.5 Å². The third-order valence-corrected chi connectivity index (χ3v) is 11.6. The van der Waals surface area contributed by atoms with E-state index in [9.17, 15) is 8.42 Å². The number of hydrogen-bond acceptors (Lipinski definition) is 5. The first kappa shape index (κ1) is 25.4. The smallest absolute Gasteiger partial charge is 0.297 e. The van der Waals surface area contributed by atoms with Gasteiger partial charge in [-0.25, -0.2) is 0 Å². The molecule has 4 aliphatic carbocycles. The highest BCUT2D eigenvalue weighted by molar-refractivity contribution is 7.86. The summed E-state index contributed by atoms with van der Waals surface area (Å²) < 4.78 is 42.3. The van der Waals surface area contributed by atoms with Crippen LogP contribution >= 0.6 is 0 Å². The Labute approximate surface area is 211 Å². The van der Waals surface area contributed by atoms with Gasteiger partial charge in [-0.2, -0.15) is 8.42 Å². The number of fused-ring (bicyclic) bond motifs is 5. The van der Waals surface area contributed by atoms with Gasteiger partial charge < -0.3 is 9.47 Å². The van der Waals surface area contributed by atoms with Crippen molar-refractivity contribution in [2.24, 2.45) is 28.6 Å². The summed E-state index contributed by atoms with van der Waals surface area (Å²) in [5, 5.41) is 0. The molecule has 3 fully saturated rings. The molecule has 7 unspecified atom stereocenters. The van der Waals surface area contributed by atoms with Crippen LogP contribution in [0.4, 0.5) is 0 Å². The van der Waals surface area contributed by atoms with Crippen molar-refractivity contribution in [1.82, 2.24) is 0 Å². The number of allylic oxidation sites excluding steroid dienone is 1. The van der Waals surface area contributed by atoms with E-state index in [4.69, 9.17) is 13.7 Å². The topological polar surface area (TPSA) is 61.8 Å². The SMILES string of the molecule is COC1CCC2(C)C(=CCC3C2CCC2(C)C(OCCOS(=O)(=O)c4ccc(C)cc4)CCC32)C1. The summed E-state index contributed by atoms with van der Waals surface area (Å²) in [6.07, 6.45) is 12.6. The van der Waals surface area contributed by atoms with Crippen LogP contribution in [0.2, 0.25) is 0 Å². The molecule has 4 aliphatic rings. The molecule has 7 atom stereocenters. The first-order chi connectivity index (χ1) is 16.7. The number of benzene rings is 1. The Kier molecular flexibility index (Phi) is 6.97. The van der Waals surface area contributed by atoms with Gasteiger partial charge in [0, 0.05) is 7.11 Å². The van der Waals surface area contributed by atoms with Gasteiger partial charge in [0.15, 0.2) is 0 Å². The van der Waals surface area contributed by atoms with E-state index in [1.807, 2.05) is 14.0 Å². The minimum absolute atomic E-state index is 0.0599. The predicted molar refractivity (Wildman–Crippen MR) is 137 cm³/mol. The van der Waals surface area contributed by atoms with Crippen LogP contribution in [0, 0.1) is 35.5 Å². The predicted octanol–water partition coefficient (Wildman–Crippen LogP) is 6.06. The van der Waals surface area contributed by atoms with Crippen molar-refractivity contribution in [1.29, 1.82) is 0 Å². The molecule has 0 bridgehead atoms. The van der Waals surface area contributed by atoms with Crippen LogP contribution < -0.4 is 0 Å². The first-order valence-electron chi connectivity index (χ1n) is 13.5. The van der Waals surface area contributed by atoms with E-state index in [-0.39, 0.29) is 23.0 Å². The van der Waals surface area contributed by atoms with Crippen LogP contribution in [0.5, 0.6) is 0 Å². The lowest BCUT2D eigenvalue weighted by Crippen LogP contribution is -2.51. The van der Waals surface area contributed by atoms with Crippen molar-refractivity contribution in [2.45, 2.75) is 89.2 Å². The Morgan fingerprint density at radius 2 is 1.74 bits per heavy atom. The molecule has 0 amide bonds. The summed E-state index contributed by atoms with van der Waals surface area (Å²) in [4.78, 5) is 0.201. The molecule has 0 aliphatic heterocycles. The molecule has 1 aromatic carbocycles. The molecular formula is C29H42O5S. The number of aryl methyl sites for hydroxylation is 1. The molecule has 35 heavy (non-hydrogen) atoms. The van der Waals surface area contributed by atoms with Crippen molar-refractivity contribution >= 4 is 10.1 Å². The second-order valence-electron chi connectivity index (χ2n) is 11.9. The van der Waals surface area contributed by atoms with Crippen molar-refractivity contribution in [3.05, 3.63) is 41.5 Å². The fourth-order valence-electron chi connectivity index (χ4n) is 8.16. The Morgan fingerprint density at radius 3 is 2.49 bits per heavy atom. The average molecular weight is 503 g/mol. The number of rotatable bonds is 7. The summed E-state index contributed by atoms with van der Waals surface area (Å²) in [5.74, 6) is 2.17. The van der Waals surface area contributed by atoms with E-state index < -0.39 is 10.1 Å². The second kappa shape index (κ2) is 9.59. The summed E-state index contributed by atoms with van der Waals surface area (Å²) in [7, 11) is -1.89. The van der Waals surface area contributed by atoms with Crippen LogP contribution in [0.15, 0.2) is 40.8 Å². The molecule has 0 radical (unpaired) electrons. The molecule has 0 spiro atoms. The summed E-state index contributed by atoms with van der Waals surface area (Å²) in [5.41, 5.74) is 3.17. The molecule has 5 rings (SSSR count). The van der Waals surface area contributed by atoms with Crippen LogP contribution in [0.3, 0.4) is 0 Å². The zero-order valence-corrected chi connectivity index (χ0v) is 22.6. The summed E-state index contributed by atoms with van der Waals surface area (Å²) >= 11 is 0. The number of methoxy groups -OCH3 is 1. The van der Waals surface area contributed by atoms with Gasteiger partial charge in [-0.05, 0) is 99.0 Å². The zero-order chi connectivity index (χ0) is 24.8. The molecule has 3 saturated carbocycles. The third-order valence-electron chi connectivity index (χ3n) is 10.3. The zero-order valence-electron chi connectivity index (χ0n) is 21.8. The van der Waals surface area contributed by atoms with Gasteiger partial charge in [0.25, 0.3) is 10.1 Å². The average Bonchev–Trinajstić information content (AvgIpc) is 3.18. The van der Waals surface area contributed by atoms with Crippen LogP contribution in [-0.2, 0) is 23.8 Å². The maximum absolute atomic E-state index is 12.5. The third kappa shape index (κ3) is 4.54. The maximum Gasteiger partial charge on any atom is 0.297 e. The maximum atomic E-state index is 12.5. The van der Waals surface area contributed by atoms with Gasteiger partial charge in [-0.3, -0.25) is 4.18 Å². The van der Waals surface area contributed by atoms with Gasteiger partial charge >= 0.3 is 0 Å². The standard InChI is InChI=1S/C29H42O5S/c1-20-5-8-23(9-6-20)35(30,31)34-18-17-33-27-12-11-25-24-10-7-21-19-22(32-4)13-15-28(21,2)26(24)14-16-29(25,27)3/h5-9,22,24-27H,10-19H2,1-4H3. The molecule has 0 heterocycles. The van der Waals surface area contributed by atoms with E-state index in [0.29, 0.717) is 24.0 Å². The monoisotopic (exact) mass is 502 g/mol. The molecule has 0 saturated heterocycles. The van der Waals surface area contributed by atoms with Gasteiger partial charge in [0.1, 0.15) is 0 Å². The highest BCUT2D eigenvalue weighted by Gasteiger charge is 2.59. The summed E-state index contributed by atoms with van der Waals surface area (Å²) in [6.45, 7) is 7.26. The van der Waals surface area contributed by atoms with E-state index in [1.54, 1.807) is 29.8 Å².